The summed E-state index contributed by atoms with van der Waals surface area (Å²) in [5, 5.41) is 4.74. The molecule has 2 aliphatic rings. The first-order chi connectivity index (χ1) is 29.2. The Morgan fingerprint density at radius 1 is 0.373 bits per heavy atom. The summed E-state index contributed by atoms with van der Waals surface area (Å²) in [4.78, 5) is 0. The third-order valence-corrected chi connectivity index (χ3v) is 12.3. The Hall–Kier alpha value is -7.76. The lowest BCUT2D eigenvalue weighted by Crippen LogP contribution is -2.53. The number of para-hydroxylation sites is 4. The lowest BCUT2D eigenvalue weighted by molar-refractivity contribution is 0.479. The van der Waals surface area contributed by atoms with E-state index in [-0.39, 0.29) is 6.92 Å². The van der Waals surface area contributed by atoms with E-state index in [1.807, 2.05) is 24.3 Å². The molecule has 59 heavy (non-hydrogen) atoms. The van der Waals surface area contributed by atoms with Crippen LogP contribution in [0.2, 0.25) is 0 Å². The monoisotopic (exact) mass is 753 g/mol. The number of ether oxygens (including phenoxy) is 1. The Bertz CT molecular complexity index is 3490. The van der Waals surface area contributed by atoms with Crippen LogP contribution >= 0.6 is 0 Å². The first-order valence-corrected chi connectivity index (χ1v) is 20.1. The average molecular weight is 754 g/mol. The maximum Gasteiger partial charge on any atom is 0.434 e. The van der Waals surface area contributed by atoms with Crippen LogP contribution in [0.15, 0.2) is 199 Å². The van der Waals surface area contributed by atoms with Gasteiger partial charge in [0.05, 0.1) is 11.0 Å². The second kappa shape index (κ2) is 12.4. The molecule has 0 amide bonds. The summed E-state index contributed by atoms with van der Waals surface area (Å²) in [5.41, 5.74) is 16.2. The normalized spacial score (nSPS) is 12.6. The third kappa shape index (κ3) is 4.85. The van der Waals surface area contributed by atoms with Gasteiger partial charge in [-0.1, -0.05) is 121 Å². The maximum absolute atomic E-state index is 6.95. The molecular formula is C54H32BNO3. The van der Waals surface area contributed by atoms with Gasteiger partial charge >= 0.3 is 6.92 Å². The second-order valence-electron chi connectivity index (χ2n) is 15.6. The molecule has 0 unspecified atom stereocenters. The molecule has 11 aromatic rings. The molecule has 4 heterocycles. The maximum atomic E-state index is 6.95. The molecule has 0 N–H and O–H groups in total. The minimum Gasteiger partial charge on any atom is -0.551 e. The van der Waals surface area contributed by atoms with Crippen molar-refractivity contribution in [1.82, 2.24) is 4.57 Å². The Kier molecular flexibility index (Phi) is 6.78. The van der Waals surface area contributed by atoms with Gasteiger partial charge in [-0.05, 0) is 112 Å². The number of benzene rings is 9. The molecule has 0 radical (unpaired) electrons. The summed E-state index contributed by atoms with van der Waals surface area (Å²) in [7, 11) is 0. The number of aromatic nitrogens is 1. The molecule has 0 aliphatic carbocycles. The molecule has 13 rings (SSSR count). The SMILES string of the molecule is c1cc(-c2cc3c4c(c2)-c2cc(-c5ccccc5-c5ccc6c(c5)oc5ccccc56)ccc2OB4c2ccccc2O3)cc(-n2c3ccccc3c3ccccc32)c1. The first-order valence-electron chi connectivity index (χ1n) is 20.1. The van der Waals surface area contributed by atoms with Gasteiger partial charge in [-0.25, -0.2) is 0 Å². The van der Waals surface area contributed by atoms with Crippen molar-refractivity contribution in [3.63, 3.8) is 0 Å². The Morgan fingerprint density at radius 3 is 1.86 bits per heavy atom. The van der Waals surface area contributed by atoms with Gasteiger partial charge in [0.1, 0.15) is 28.4 Å². The van der Waals surface area contributed by atoms with Gasteiger partial charge in [-0.2, -0.15) is 0 Å². The van der Waals surface area contributed by atoms with Crippen molar-refractivity contribution in [1.29, 1.82) is 0 Å². The quantitative estimate of drug-likeness (QED) is 0.168. The van der Waals surface area contributed by atoms with Crippen molar-refractivity contribution >= 4 is 61.6 Å². The van der Waals surface area contributed by atoms with Gasteiger partial charge in [-0.3, -0.25) is 0 Å². The Labute approximate surface area is 340 Å². The van der Waals surface area contributed by atoms with Crippen molar-refractivity contribution in [3.8, 4) is 67.4 Å². The van der Waals surface area contributed by atoms with E-state index in [0.717, 1.165) is 100 Å². The average Bonchev–Trinajstić information content (AvgIpc) is 3.84. The Morgan fingerprint density at radius 2 is 1.03 bits per heavy atom. The molecule has 274 valence electrons. The van der Waals surface area contributed by atoms with Crippen molar-refractivity contribution in [2.75, 3.05) is 0 Å². The van der Waals surface area contributed by atoms with E-state index >= 15 is 0 Å². The zero-order valence-corrected chi connectivity index (χ0v) is 31.7. The van der Waals surface area contributed by atoms with Crippen molar-refractivity contribution in [2.24, 2.45) is 0 Å². The van der Waals surface area contributed by atoms with Crippen LogP contribution in [0.5, 0.6) is 17.2 Å². The van der Waals surface area contributed by atoms with Gasteiger partial charge < -0.3 is 18.4 Å². The predicted molar refractivity (Wildman–Crippen MR) is 242 cm³/mol. The summed E-state index contributed by atoms with van der Waals surface area (Å²) in [6.07, 6.45) is 0. The van der Waals surface area contributed by atoms with E-state index in [1.54, 1.807) is 0 Å². The highest BCUT2D eigenvalue weighted by molar-refractivity contribution is 6.84. The summed E-state index contributed by atoms with van der Waals surface area (Å²) in [5.74, 6) is 2.49. The fourth-order valence-electron chi connectivity index (χ4n) is 9.60. The number of hydrogen-bond acceptors (Lipinski definition) is 3. The fourth-order valence-corrected chi connectivity index (χ4v) is 9.60. The van der Waals surface area contributed by atoms with Crippen molar-refractivity contribution < 1.29 is 13.8 Å². The summed E-state index contributed by atoms with van der Waals surface area (Å²) >= 11 is 0. The number of fused-ring (bicyclic) bond motifs is 10. The molecule has 0 fully saturated rings. The smallest absolute Gasteiger partial charge is 0.434 e. The van der Waals surface area contributed by atoms with Crippen molar-refractivity contribution in [2.45, 2.75) is 0 Å². The Balaban J connectivity index is 0.976. The molecule has 9 aromatic carbocycles. The lowest BCUT2D eigenvalue weighted by atomic mass is 9.50. The highest BCUT2D eigenvalue weighted by atomic mass is 16.5. The largest absolute Gasteiger partial charge is 0.551 e. The van der Waals surface area contributed by atoms with Gasteiger partial charge in [0.2, 0.25) is 0 Å². The highest BCUT2D eigenvalue weighted by Gasteiger charge is 2.41. The van der Waals surface area contributed by atoms with Gasteiger partial charge in [0.15, 0.2) is 0 Å². The van der Waals surface area contributed by atoms with E-state index in [9.17, 15) is 0 Å². The number of nitrogens with zero attached hydrogens (tertiary/aromatic N) is 1. The molecule has 0 bridgehead atoms. The van der Waals surface area contributed by atoms with Crippen LogP contribution in [0.3, 0.4) is 0 Å². The minimum absolute atomic E-state index is 0.288. The molecule has 0 saturated heterocycles. The third-order valence-electron chi connectivity index (χ3n) is 12.3. The van der Waals surface area contributed by atoms with Crippen LogP contribution in [0.4, 0.5) is 0 Å². The fraction of sp³-hybridized carbons (Fsp3) is 0. The van der Waals surface area contributed by atoms with Crippen molar-refractivity contribution in [3.05, 3.63) is 194 Å². The molecule has 0 spiro atoms. The van der Waals surface area contributed by atoms with Crippen LogP contribution in [0.25, 0.3) is 93.9 Å². The standard InChI is InChI=1S/C54H32BNO3/c1-2-15-39(35-24-26-43-42-18-5-9-22-49(42)57-52(43)31-35)38(14-1)34-25-27-50-44(29-34)45-30-36(32-53-54(45)55(59-50)46-19-6-10-23-51(46)58-53)33-12-11-13-37(28-33)56-47-20-7-3-16-40(47)41-17-4-8-21-48(41)56/h1-32H. The van der Waals surface area contributed by atoms with E-state index in [2.05, 4.69) is 174 Å². The topological polar surface area (TPSA) is 36.5 Å². The van der Waals surface area contributed by atoms with Crippen LogP contribution in [0, 0.1) is 0 Å². The van der Waals surface area contributed by atoms with Crippen LogP contribution in [-0.4, -0.2) is 11.5 Å². The molecular weight excluding hydrogens is 721 g/mol. The van der Waals surface area contributed by atoms with E-state index in [4.69, 9.17) is 13.8 Å². The second-order valence-corrected chi connectivity index (χ2v) is 15.6. The van der Waals surface area contributed by atoms with Crippen LogP contribution in [0.1, 0.15) is 0 Å². The number of hydrogen-bond donors (Lipinski definition) is 0. The van der Waals surface area contributed by atoms with E-state index < -0.39 is 0 Å². The van der Waals surface area contributed by atoms with Gasteiger partial charge in [0.25, 0.3) is 0 Å². The molecule has 0 saturated carbocycles. The molecule has 0 atom stereocenters. The van der Waals surface area contributed by atoms with Gasteiger partial charge in [-0.15, -0.1) is 0 Å². The predicted octanol–water partition coefficient (Wildman–Crippen LogP) is 13.0. The number of furan rings is 1. The summed E-state index contributed by atoms with van der Waals surface area (Å²) in [6, 6.07) is 69.0. The lowest BCUT2D eigenvalue weighted by Gasteiger charge is -2.33. The van der Waals surface area contributed by atoms with E-state index in [0.29, 0.717) is 0 Å². The summed E-state index contributed by atoms with van der Waals surface area (Å²) < 4.78 is 22.4. The molecule has 2 aromatic heterocycles. The zero-order valence-electron chi connectivity index (χ0n) is 31.7. The van der Waals surface area contributed by atoms with Crippen LogP contribution in [-0.2, 0) is 0 Å². The minimum atomic E-state index is -0.288. The molecule has 4 nitrogen and oxygen atoms in total. The highest BCUT2D eigenvalue weighted by Crippen LogP contribution is 2.45. The van der Waals surface area contributed by atoms with E-state index in [1.165, 1.54) is 21.8 Å². The zero-order chi connectivity index (χ0) is 38.6. The van der Waals surface area contributed by atoms with Crippen LogP contribution < -0.4 is 20.3 Å². The molecule has 5 heteroatoms. The number of rotatable bonds is 4. The van der Waals surface area contributed by atoms with Gasteiger partial charge in [0, 0.05) is 43.7 Å². The first kappa shape index (κ1) is 32.3. The molecule has 2 aliphatic heterocycles. The summed E-state index contributed by atoms with van der Waals surface area (Å²) in [6.45, 7) is -0.288.